The maximum atomic E-state index is 5.93. The van der Waals surface area contributed by atoms with Gasteiger partial charge in [0.2, 0.25) is 5.88 Å². The number of hydrogen-bond donors (Lipinski definition) is 0. The van der Waals surface area contributed by atoms with Gasteiger partial charge in [-0.1, -0.05) is 0 Å². The zero-order chi connectivity index (χ0) is 19.3. The molecule has 2 aliphatic heterocycles. The maximum Gasteiger partial charge on any atom is 0.205 e. The third kappa shape index (κ3) is 3.97. The fourth-order valence-electron chi connectivity index (χ4n) is 3.96. The molecule has 28 heavy (non-hydrogen) atoms. The summed E-state index contributed by atoms with van der Waals surface area (Å²) in [6, 6.07) is 10.1. The Kier molecular flexibility index (Phi) is 5.76. The maximum absolute atomic E-state index is 5.93. The minimum Gasteiger partial charge on any atom is -0.494 e. The third-order valence-electron chi connectivity index (χ3n) is 5.34. The second kappa shape index (κ2) is 8.61. The van der Waals surface area contributed by atoms with Gasteiger partial charge in [-0.3, -0.25) is 14.9 Å². The van der Waals surface area contributed by atoms with E-state index in [1.165, 1.54) is 25.9 Å². The van der Waals surface area contributed by atoms with E-state index in [0.717, 1.165) is 47.5 Å². The lowest BCUT2D eigenvalue weighted by Crippen LogP contribution is -2.45. The molecule has 0 bridgehead atoms. The smallest absolute Gasteiger partial charge is 0.205 e. The fourth-order valence-corrected chi connectivity index (χ4v) is 3.96. The average Bonchev–Trinajstić information content (AvgIpc) is 3.24. The summed E-state index contributed by atoms with van der Waals surface area (Å²) in [6.07, 6.45) is 7.22. The first-order valence-electron chi connectivity index (χ1n) is 10.1. The number of nitrogens with zero attached hydrogens (tertiary/aromatic N) is 4. The minimum absolute atomic E-state index is 0.0705. The van der Waals surface area contributed by atoms with E-state index in [1.54, 1.807) is 19.5 Å². The molecule has 1 unspecified atom stereocenters. The van der Waals surface area contributed by atoms with E-state index in [0.29, 0.717) is 0 Å². The Bertz CT molecular complexity index is 907. The standard InChI is InChI=1S/C22H28N4O2/c1-17-24-21-16-23-11-10-20(21)22(27-2)26(17)18-6-8-19(9-7-18)28-15-5-14-25-12-3-4-13-25/h6-11,16-17H,3-5,12-15H2,1-2H3. The predicted octanol–water partition coefficient (Wildman–Crippen LogP) is 2.14. The summed E-state index contributed by atoms with van der Waals surface area (Å²) < 4.78 is 11.7. The van der Waals surface area contributed by atoms with Crippen LogP contribution in [-0.4, -0.2) is 49.4 Å². The molecular weight excluding hydrogens is 352 g/mol. The van der Waals surface area contributed by atoms with Crippen molar-refractivity contribution < 1.29 is 9.47 Å². The minimum atomic E-state index is -0.0705. The number of likely N-dealkylation sites (tertiary alicyclic amines) is 1. The van der Waals surface area contributed by atoms with Gasteiger partial charge in [0.1, 0.15) is 11.9 Å². The van der Waals surface area contributed by atoms with E-state index < -0.39 is 0 Å². The van der Waals surface area contributed by atoms with Crippen molar-refractivity contribution in [2.75, 3.05) is 38.3 Å². The van der Waals surface area contributed by atoms with Crippen LogP contribution in [0.1, 0.15) is 26.2 Å². The molecule has 1 fully saturated rings. The van der Waals surface area contributed by atoms with Crippen LogP contribution in [0, 0.1) is 0 Å². The summed E-state index contributed by atoms with van der Waals surface area (Å²) in [6.45, 7) is 6.42. The lowest BCUT2D eigenvalue weighted by Gasteiger charge is -2.32. The highest BCUT2D eigenvalue weighted by molar-refractivity contribution is 5.66. The van der Waals surface area contributed by atoms with Crippen molar-refractivity contribution in [3.05, 3.63) is 53.3 Å². The molecule has 0 aliphatic carbocycles. The molecule has 0 radical (unpaired) electrons. The van der Waals surface area contributed by atoms with Crippen molar-refractivity contribution in [1.82, 2.24) is 9.88 Å². The number of methoxy groups -OCH3 is 1. The van der Waals surface area contributed by atoms with E-state index in [1.807, 2.05) is 18.2 Å². The van der Waals surface area contributed by atoms with Crippen molar-refractivity contribution in [3.8, 4) is 5.75 Å². The number of benzene rings is 1. The number of ether oxygens (including phenoxy) is 2. The molecule has 6 nitrogen and oxygen atoms in total. The van der Waals surface area contributed by atoms with E-state index >= 15 is 0 Å². The summed E-state index contributed by atoms with van der Waals surface area (Å²) >= 11 is 0. The average molecular weight is 380 g/mol. The first-order chi connectivity index (χ1) is 13.8. The van der Waals surface area contributed by atoms with Crippen LogP contribution in [0.3, 0.4) is 0 Å². The van der Waals surface area contributed by atoms with Gasteiger partial charge >= 0.3 is 0 Å². The quantitative estimate of drug-likeness (QED) is 0.689. The Hall–Kier alpha value is -2.60. The van der Waals surface area contributed by atoms with Crippen molar-refractivity contribution in [3.63, 3.8) is 0 Å². The SMILES string of the molecule is COC1=c2ccncc2=NC(C)N1c1ccc(OCCCN2CCCC2)cc1. The first-order valence-corrected chi connectivity index (χ1v) is 10.1. The van der Waals surface area contributed by atoms with Crippen LogP contribution in [0.4, 0.5) is 5.69 Å². The van der Waals surface area contributed by atoms with E-state index in [-0.39, 0.29) is 6.17 Å². The van der Waals surface area contributed by atoms with Crippen LogP contribution in [0.15, 0.2) is 47.7 Å². The molecule has 1 saturated heterocycles. The molecule has 6 heteroatoms. The molecule has 1 aromatic carbocycles. The highest BCUT2D eigenvalue weighted by atomic mass is 16.5. The lowest BCUT2D eigenvalue weighted by atomic mass is 10.2. The molecule has 1 atom stereocenters. The third-order valence-corrected chi connectivity index (χ3v) is 5.34. The summed E-state index contributed by atoms with van der Waals surface area (Å²) in [5.74, 6) is 1.69. The van der Waals surface area contributed by atoms with Gasteiger partial charge in [0.25, 0.3) is 0 Å². The van der Waals surface area contributed by atoms with Crippen molar-refractivity contribution in [2.24, 2.45) is 4.99 Å². The van der Waals surface area contributed by atoms with Gasteiger partial charge in [-0.25, -0.2) is 0 Å². The molecule has 0 N–H and O–H groups in total. The van der Waals surface area contributed by atoms with Gasteiger partial charge in [-0.05, 0) is 69.6 Å². The van der Waals surface area contributed by atoms with Gasteiger partial charge in [0, 0.05) is 18.4 Å². The molecule has 0 amide bonds. The van der Waals surface area contributed by atoms with Gasteiger partial charge < -0.3 is 14.4 Å². The zero-order valence-corrected chi connectivity index (χ0v) is 16.7. The van der Waals surface area contributed by atoms with Gasteiger partial charge in [0.15, 0.2) is 0 Å². The van der Waals surface area contributed by atoms with Gasteiger partial charge in [-0.2, -0.15) is 0 Å². The van der Waals surface area contributed by atoms with Crippen LogP contribution in [0.2, 0.25) is 0 Å². The topological polar surface area (TPSA) is 50.2 Å². The Morgan fingerprint density at radius 3 is 2.64 bits per heavy atom. The van der Waals surface area contributed by atoms with Crippen LogP contribution in [0.25, 0.3) is 5.88 Å². The highest BCUT2D eigenvalue weighted by Gasteiger charge is 2.23. The van der Waals surface area contributed by atoms with Crippen LogP contribution in [0.5, 0.6) is 5.75 Å². The molecule has 3 heterocycles. The molecule has 2 aromatic rings. The number of pyridine rings is 1. The van der Waals surface area contributed by atoms with Gasteiger partial charge in [0.05, 0.1) is 30.5 Å². The summed E-state index contributed by atoms with van der Waals surface area (Å²) in [5, 5.41) is 1.82. The van der Waals surface area contributed by atoms with Crippen molar-refractivity contribution in [2.45, 2.75) is 32.4 Å². The lowest BCUT2D eigenvalue weighted by molar-refractivity contribution is 0.263. The molecule has 1 aromatic heterocycles. The Morgan fingerprint density at radius 1 is 1.11 bits per heavy atom. The number of aromatic nitrogens is 1. The second-order valence-corrected chi connectivity index (χ2v) is 7.28. The van der Waals surface area contributed by atoms with Crippen LogP contribution < -0.4 is 20.2 Å². The largest absolute Gasteiger partial charge is 0.494 e. The van der Waals surface area contributed by atoms with E-state index in [9.17, 15) is 0 Å². The van der Waals surface area contributed by atoms with Crippen LogP contribution >= 0.6 is 0 Å². The van der Waals surface area contributed by atoms with Gasteiger partial charge in [-0.15, -0.1) is 0 Å². The second-order valence-electron chi connectivity index (χ2n) is 7.28. The Labute approximate surface area is 166 Å². The number of rotatable bonds is 7. The van der Waals surface area contributed by atoms with Crippen LogP contribution in [-0.2, 0) is 4.74 Å². The summed E-state index contributed by atoms with van der Waals surface area (Å²) in [5.41, 5.74) is 1.03. The normalized spacial score (nSPS) is 19.3. The monoisotopic (exact) mass is 380 g/mol. The van der Waals surface area contributed by atoms with Crippen molar-refractivity contribution in [1.29, 1.82) is 0 Å². The first kappa shape index (κ1) is 18.7. The molecule has 0 spiro atoms. The highest BCUT2D eigenvalue weighted by Crippen LogP contribution is 2.26. The van der Waals surface area contributed by atoms with Crippen molar-refractivity contribution >= 4 is 11.6 Å². The molecule has 0 saturated carbocycles. The molecule has 148 valence electrons. The summed E-state index contributed by atoms with van der Waals surface area (Å²) in [4.78, 5) is 13.5. The Balaban J connectivity index is 1.44. The Morgan fingerprint density at radius 2 is 1.89 bits per heavy atom. The van der Waals surface area contributed by atoms with E-state index in [4.69, 9.17) is 14.5 Å². The van der Waals surface area contributed by atoms with E-state index in [2.05, 4.69) is 33.8 Å². The number of anilines is 1. The predicted molar refractivity (Wildman–Crippen MR) is 110 cm³/mol. The fraction of sp³-hybridized carbons (Fsp3) is 0.455. The number of hydrogen-bond acceptors (Lipinski definition) is 6. The summed E-state index contributed by atoms with van der Waals surface area (Å²) in [7, 11) is 1.70. The zero-order valence-electron chi connectivity index (χ0n) is 16.7. The number of fused-ring (bicyclic) bond motifs is 1. The molecule has 2 aliphatic rings. The molecule has 4 rings (SSSR count). The molecular formula is C22H28N4O2.